The highest BCUT2D eigenvalue weighted by molar-refractivity contribution is 6.08. The van der Waals surface area contributed by atoms with Gasteiger partial charge < -0.3 is 5.11 Å². The third kappa shape index (κ3) is 3.38. The summed E-state index contributed by atoms with van der Waals surface area (Å²) in [5.41, 5.74) is -0.305. The summed E-state index contributed by atoms with van der Waals surface area (Å²) in [6.45, 7) is 4.17. The number of hydrogen-bond acceptors (Lipinski definition) is 4. The average Bonchev–Trinajstić information content (AvgIpc) is 2.34. The number of nitro groups is 1. The van der Waals surface area contributed by atoms with Crippen LogP contribution in [0.25, 0.3) is 0 Å². The van der Waals surface area contributed by atoms with Gasteiger partial charge >= 0.3 is 5.97 Å². The van der Waals surface area contributed by atoms with Crippen molar-refractivity contribution in [3.05, 3.63) is 46.5 Å². The Labute approximate surface area is 108 Å². The first-order valence-corrected chi connectivity index (χ1v) is 5.27. The fourth-order valence-corrected chi connectivity index (χ4v) is 1.48. The number of amides is 1. The summed E-state index contributed by atoms with van der Waals surface area (Å²) < 4.78 is 0. The summed E-state index contributed by atoms with van der Waals surface area (Å²) in [5, 5.41) is 19.7. The number of rotatable bonds is 5. The van der Waals surface area contributed by atoms with E-state index in [-0.39, 0.29) is 16.9 Å². The number of carbonyl (C=O) groups is 2. The average molecular weight is 264 g/mol. The van der Waals surface area contributed by atoms with E-state index in [0.717, 1.165) is 4.90 Å². The number of carbonyl (C=O) groups excluding carboxylic acids is 1. The van der Waals surface area contributed by atoms with E-state index in [2.05, 4.69) is 6.58 Å². The Morgan fingerprint density at radius 2 is 2.00 bits per heavy atom. The van der Waals surface area contributed by atoms with Crippen molar-refractivity contribution >= 4 is 23.3 Å². The molecular weight excluding hydrogens is 252 g/mol. The van der Waals surface area contributed by atoms with Crippen LogP contribution in [-0.4, -0.2) is 28.5 Å². The molecule has 1 N–H and O–H groups in total. The first kappa shape index (κ1) is 14.4. The SMILES string of the molecule is C=C(C)C(=O)N(CC(=O)O)c1ccccc1[N+](=O)[O-]. The van der Waals surface area contributed by atoms with Crippen molar-refractivity contribution in [2.75, 3.05) is 11.4 Å². The number of hydrogen-bond donors (Lipinski definition) is 1. The maximum atomic E-state index is 11.9. The lowest BCUT2D eigenvalue weighted by molar-refractivity contribution is -0.384. The van der Waals surface area contributed by atoms with Crippen LogP contribution in [0.5, 0.6) is 0 Å². The second kappa shape index (κ2) is 5.76. The number of nitro benzene ring substituents is 1. The number of carboxylic acid groups (broad SMARTS) is 1. The van der Waals surface area contributed by atoms with Gasteiger partial charge in [-0.1, -0.05) is 18.7 Å². The Bertz CT molecular complexity index is 553. The Morgan fingerprint density at radius 1 is 1.42 bits per heavy atom. The summed E-state index contributed by atoms with van der Waals surface area (Å²) in [7, 11) is 0. The third-order valence-electron chi connectivity index (χ3n) is 2.27. The van der Waals surface area contributed by atoms with Gasteiger partial charge in [-0.25, -0.2) is 0 Å². The van der Waals surface area contributed by atoms with Gasteiger partial charge in [0.2, 0.25) is 0 Å². The highest BCUT2D eigenvalue weighted by atomic mass is 16.6. The fourth-order valence-electron chi connectivity index (χ4n) is 1.48. The minimum atomic E-state index is -1.27. The van der Waals surface area contributed by atoms with Crippen LogP contribution in [0.1, 0.15) is 6.92 Å². The van der Waals surface area contributed by atoms with Crippen molar-refractivity contribution < 1.29 is 19.6 Å². The van der Waals surface area contributed by atoms with Gasteiger partial charge in [-0.15, -0.1) is 0 Å². The number of aliphatic carboxylic acids is 1. The van der Waals surface area contributed by atoms with Gasteiger partial charge in [0, 0.05) is 11.6 Å². The summed E-state index contributed by atoms with van der Waals surface area (Å²) >= 11 is 0. The van der Waals surface area contributed by atoms with E-state index in [9.17, 15) is 19.7 Å². The zero-order valence-electron chi connectivity index (χ0n) is 10.2. The van der Waals surface area contributed by atoms with Crippen LogP contribution in [-0.2, 0) is 9.59 Å². The van der Waals surface area contributed by atoms with E-state index < -0.39 is 23.3 Å². The minimum absolute atomic E-state index is 0.0668. The van der Waals surface area contributed by atoms with Gasteiger partial charge in [-0.3, -0.25) is 24.6 Å². The molecule has 0 aliphatic carbocycles. The molecule has 100 valence electrons. The summed E-state index contributed by atoms with van der Waals surface area (Å²) in [6.07, 6.45) is 0. The maximum Gasteiger partial charge on any atom is 0.323 e. The van der Waals surface area contributed by atoms with Crippen molar-refractivity contribution in [3.63, 3.8) is 0 Å². The number of anilines is 1. The van der Waals surface area contributed by atoms with Crippen LogP contribution < -0.4 is 4.90 Å². The van der Waals surface area contributed by atoms with E-state index >= 15 is 0 Å². The highest BCUT2D eigenvalue weighted by Crippen LogP contribution is 2.28. The minimum Gasteiger partial charge on any atom is -0.480 e. The van der Waals surface area contributed by atoms with Crippen molar-refractivity contribution in [2.45, 2.75) is 6.92 Å². The highest BCUT2D eigenvalue weighted by Gasteiger charge is 2.25. The molecule has 0 bridgehead atoms. The second-order valence-corrected chi connectivity index (χ2v) is 3.81. The molecule has 0 atom stereocenters. The molecule has 0 aromatic heterocycles. The maximum absolute atomic E-state index is 11.9. The normalized spacial score (nSPS) is 9.74. The Balaban J connectivity index is 3.32. The standard InChI is InChI=1S/C12H12N2O5/c1-8(2)12(17)13(7-11(15)16)9-5-3-4-6-10(9)14(18)19/h3-6H,1,7H2,2H3,(H,15,16). The molecule has 7 heteroatoms. The summed E-state index contributed by atoms with van der Waals surface area (Å²) in [4.78, 5) is 33.7. The van der Waals surface area contributed by atoms with Gasteiger partial charge in [0.1, 0.15) is 12.2 Å². The molecule has 0 unspecified atom stereocenters. The zero-order valence-corrected chi connectivity index (χ0v) is 10.2. The number of benzene rings is 1. The van der Waals surface area contributed by atoms with Gasteiger partial charge in [0.15, 0.2) is 0 Å². The van der Waals surface area contributed by atoms with E-state index in [1.165, 1.54) is 31.2 Å². The van der Waals surface area contributed by atoms with Crippen molar-refractivity contribution in [3.8, 4) is 0 Å². The molecule has 1 aromatic carbocycles. The lowest BCUT2D eigenvalue weighted by Crippen LogP contribution is -2.36. The Kier molecular flexibility index (Phi) is 4.36. The molecule has 19 heavy (non-hydrogen) atoms. The summed E-state index contributed by atoms with van der Waals surface area (Å²) in [5.74, 6) is -1.94. The topological polar surface area (TPSA) is 101 Å². The number of carboxylic acids is 1. The molecule has 7 nitrogen and oxygen atoms in total. The Hall–Kier alpha value is -2.70. The molecule has 1 amide bonds. The third-order valence-corrected chi connectivity index (χ3v) is 2.27. The van der Waals surface area contributed by atoms with Gasteiger partial charge in [-0.05, 0) is 13.0 Å². The molecule has 0 fully saturated rings. The lowest BCUT2D eigenvalue weighted by Gasteiger charge is -2.20. The molecule has 0 saturated heterocycles. The quantitative estimate of drug-likeness (QED) is 0.494. The van der Waals surface area contributed by atoms with Crippen LogP contribution in [0.15, 0.2) is 36.4 Å². The summed E-state index contributed by atoms with van der Waals surface area (Å²) in [6, 6.07) is 5.45. The molecule has 0 saturated carbocycles. The number of para-hydroxylation sites is 2. The lowest BCUT2D eigenvalue weighted by atomic mass is 10.2. The zero-order chi connectivity index (χ0) is 14.6. The monoisotopic (exact) mass is 264 g/mol. The van der Waals surface area contributed by atoms with Gasteiger partial charge in [0.05, 0.1) is 4.92 Å². The van der Waals surface area contributed by atoms with Gasteiger partial charge in [0.25, 0.3) is 11.6 Å². The van der Waals surface area contributed by atoms with E-state index in [4.69, 9.17) is 5.11 Å². The Morgan fingerprint density at radius 3 is 2.47 bits per heavy atom. The second-order valence-electron chi connectivity index (χ2n) is 3.81. The van der Waals surface area contributed by atoms with Crippen LogP contribution in [0.4, 0.5) is 11.4 Å². The fraction of sp³-hybridized carbons (Fsp3) is 0.167. The van der Waals surface area contributed by atoms with Crippen LogP contribution in [0.2, 0.25) is 0 Å². The molecule has 0 radical (unpaired) electrons. The molecule has 0 aliphatic rings. The molecule has 0 heterocycles. The largest absolute Gasteiger partial charge is 0.480 e. The van der Waals surface area contributed by atoms with Crippen LogP contribution in [0.3, 0.4) is 0 Å². The van der Waals surface area contributed by atoms with Crippen LogP contribution in [0, 0.1) is 10.1 Å². The van der Waals surface area contributed by atoms with Crippen molar-refractivity contribution in [1.82, 2.24) is 0 Å². The molecule has 1 rings (SSSR count). The molecule has 0 aliphatic heterocycles. The number of nitrogens with zero attached hydrogens (tertiary/aromatic N) is 2. The van der Waals surface area contributed by atoms with E-state index in [1.54, 1.807) is 0 Å². The molecular formula is C12H12N2O5. The first-order valence-electron chi connectivity index (χ1n) is 5.27. The van der Waals surface area contributed by atoms with E-state index in [0.29, 0.717) is 0 Å². The van der Waals surface area contributed by atoms with Crippen LogP contribution >= 0.6 is 0 Å². The predicted molar refractivity (Wildman–Crippen MR) is 67.9 cm³/mol. The smallest absolute Gasteiger partial charge is 0.323 e. The van der Waals surface area contributed by atoms with Crippen molar-refractivity contribution in [2.24, 2.45) is 0 Å². The predicted octanol–water partition coefficient (Wildman–Crippen LogP) is 1.59. The van der Waals surface area contributed by atoms with Crippen molar-refractivity contribution in [1.29, 1.82) is 0 Å². The van der Waals surface area contributed by atoms with Gasteiger partial charge in [-0.2, -0.15) is 0 Å². The first-order chi connectivity index (χ1) is 8.84. The molecule has 0 spiro atoms. The van der Waals surface area contributed by atoms with E-state index in [1.807, 2.05) is 0 Å². The molecule has 1 aromatic rings.